The Hall–Kier alpha value is -1.64. The molecule has 0 unspecified atom stereocenters. The summed E-state index contributed by atoms with van der Waals surface area (Å²) in [7, 11) is -2.22. The number of rotatable bonds is 7. The maximum absolute atomic E-state index is 12.8. The molecule has 0 aromatic heterocycles. The maximum Gasteiger partial charge on any atom is 0.250 e. The topological polar surface area (TPSA) is 84.9 Å². The van der Waals surface area contributed by atoms with Gasteiger partial charge in [-0.1, -0.05) is 0 Å². The molecule has 1 aromatic rings. The lowest BCUT2D eigenvalue weighted by atomic mass is 10.3. The highest BCUT2D eigenvalue weighted by Gasteiger charge is 2.30. The van der Waals surface area contributed by atoms with Crippen molar-refractivity contribution in [3.05, 3.63) is 18.2 Å². The Morgan fingerprint density at radius 1 is 1.30 bits per heavy atom. The quantitative estimate of drug-likeness (QED) is 0.811. The second-order valence-electron chi connectivity index (χ2n) is 5.19. The summed E-state index contributed by atoms with van der Waals surface area (Å²) < 4.78 is 37.3. The van der Waals surface area contributed by atoms with Gasteiger partial charge in [0.15, 0.2) is 0 Å². The third-order valence-corrected chi connectivity index (χ3v) is 5.41. The van der Waals surface area contributed by atoms with Gasteiger partial charge in [0, 0.05) is 25.9 Å². The first-order valence-corrected chi connectivity index (χ1v) is 8.99. The van der Waals surface area contributed by atoms with Crippen LogP contribution in [0.5, 0.6) is 5.75 Å². The Kier molecular flexibility index (Phi) is 5.97. The van der Waals surface area contributed by atoms with E-state index in [1.807, 2.05) is 0 Å². The third kappa shape index (κ3) is 4.21. The summed E-state index contributed by atoms with van der Waals surface area (Å²) in [5.41, 5.74) is 0.397. The number of nitrogens with zero attached hydrogens (tertiary/aromatic N) is 1. The van der Waals surface area contributed by atoms with Crippen molar-refractivity contribution in [1.29, 1.82) is 0 Å². The number of methoxy groups -OCH3 is 1. The number of ether oxygens (including phenoxy) is 2. The minimum absolute atomic E-state index is 0.0801. The monoisotopic (exact) mass is 342 g/mol. The van der Waals surface area contributed by atoms with E-state index in [9.17, 15) is 13.2 Å². The van der Waals surface area contributed by atoms with Crippen LogP contribution in [-0.4, -0.2) is 52.0 Å². The van der Waals surface area contributed by atoms with E-state index in [1.165, 1.54) is 17.5 Å². The molecule has 128 valence electrons. The standard InChI is InChI=1S/C15H22N2O5S/c1-3-22-13-7-6-12(16-15(18)11-21-2)10-14(13)23(19,20)17-8-4-5-9-17/h6-7,10H,3-5,8-9,11H2,1-2H3,(H,16,18). The first kappa shape index (κ1) is 17.7. The van der Waals surface area contributed by atoms with Crippen molar-refractivity contribution in [2.24, 2.45) is 0 Å². The van der Waals surface area contributed by atoms with Gasteiger partial charge in [-0.3, -0.25) is 4.79 Å². The van der Waals surface area contributed by atoms with E-state index in [0.717, 1.165) is 12.8 Å². The molecule has 0 radical (unpaired) electrons. The molecule has 1 N–H and O–H groups in total. The van der Waals surface area contributed by atoms with E-state index in [2.05, 4.69) is 5.32 Å². The second kappa shape index (κ2) is 7.76. The highest BCUT2D eigenvalue weighted by Crippen LogP contribution is 2.31. The molecule has 1 aliphatic rings. The lowest BCUT2D eigenvalue weighted by Gasteiger charge is -2.19. The van der Waals surface area contributed by atoms with Gasteiger partial charge < -0.3 is 14.8 Å². The molecule has 2 rings (SSSR count). The molecule has 1 fully saturated rings. The van der Waals surface area contributed by atoms with Crippen molar-refractivity contribution in [2.45, 2.75) is 24.7 Å². The minimum atomic E-state index is -3.64. The van der Waals surface area contributed by atoms with Crippen LogP contribution < -0.4 is 10.1 Å². The Morgan fingerprint density at radius 3 is 2.61 bits per heavy atom. The third-order valence-electron chi connectivity index (χ3n) is 3.49. The molecule has 1 heterocycles. The molecule has 23 heavy (non-hydrogen) atoms. The van der Waals surface area contributed by atoms with Crippen molar-refractivity contribution < 1.29 is 22.7 Å². The number of hydrogen-bond donors (Lipinski definition) is 1. The molecule has 0 saturated carbocycles. The van der Waals surface area contributed by atoms with Gasteiger partial charge in [-0.2, -0.15) is 4.31 Å². The van der Waals surface area contributed by atoms with Gasteiger partial charge in [-0.15, -0.1) is 0 Å². The van der Waals surface area contributed by atoms with Gasteiger partial charge >= 0.3 is 0 Å². The Bertz CT molecular complexity index is 654. The number of carbonyl (C=O) groups excluding carboxylic acids is 1. The smallest absolute Gasteiger partial charge is 0.250 e. The maximum atomic E-state index is 12.8. The number of nitrogens with one attached hydrogen (secondary N) is 1. The zero-order valence-electron chi connectivity index (χ0n) is 13.4. The van der Waals surface area contributed by atoms with Crippen molar-refractivity contribution in [3.63, 3.8) is 0 Å². The molecule has 1 saturated heterocycles. The number of benzene rings is 1. The SMILES string of the molecule is CCOc1ccc(NC(=O)COC)cc1S(=O)(=O)N1CCCC1. The average Bonchev–Trinajstić information content (AvgIpc) is 3.04. The highest BCUT2D eigenvalue weighted by atomic mass is 32.2. The van der Waals surface area contributed by atoms with E-state index < -0.39 is 10.0 Å². The molecular formula is C15H22N2O5S. The normalized spacial score (nSPS) is 15.6. The lowest BCUT2D eigenvalue weighted by Crippen LogP contribution is -2.28. The fourth-order valence-electron chi connectivity index (χ4n) is 2.46. The summed E-state index contributed by atoms with van der Waals surface area (Å²) in [6.45, 7) is 3.07. The Labute approximate surface area is 136 Å². The van der Waals surface area contributed by atoms with Crippen molar-refractivity contribution >= 4 is 21.6 Å². The van der Waals surface area contributed by atoms with E-state index in [4.69, 9.17) is 9.47 Å². The summed E-state index contributed by atoms with van der Waals surface area (Å²) >= 11 is 0. The minimum Gasteiger partial charge on any atom is -0.492 e. The fourth-order valence-corrected chi connectivity index (χ4v) is 4.13. The van der Waals surface area contributed by atoms with Gasteiger partial charge in [-0.05, 0) is 38.0 Å². The molecule has 0 aliphatic carbocycles. The Balaban J connectivity index is 2.35. The summed E-state index contributed by atoms with van der Waals surface area (Å²) in [5.74, 6) is -0.0506. The van der Waals surface area contributed by atoms with Crippen LogP contribution in [0.3, 0.4) is 0 Å². The first-order chi connectivity index (χ1) is 11.0. The number of amides is 1. The second-order valence-corrected chi connectivity index (χ2v) is 7.09. The van der Waals surface area contributed by atoms with Crippen LogP contribution in [0.15, 0.2) is 23.1 Å². The van der Waals surface area contributed by atoms with Gasteiger partial charge in [-0.25, -0.2) is 8.42 Å². The van der Waals surface area contributed by atoms with Gasteiger partial charge in [0.05, 0.1) is 6.61 Å². The molecule has 1 amide bonds. The largest absolute Gasteiger partial charge is 0.492 e. The van der Waals surface area contributed by atoms with E-state index in [-0.39, 0.29) is 17.4 Å². The molecule has 1 aliphatic heterocycles. The Morgan fingerprint density at radius 2 is 2.00 bits per heavy atom. The van der Waals surface area contributed by atoms with Crippen molar-refractivity contribution in [3.8, 4) is 5.75 Å². The zero-order chi connectivity index (χ0) is 16.9. The van der Waals surface area contributed by atoms with Crippen LogP contribution in [-0.2, 0) is 19.6 Å². The molecule has 0 spiro atoms. The van der Waals surface area contributed by atoms with Crippen molar-refractivity contribution in [2.75, 3.05) is 38.7 Å². The molecule has 0 atom stereocenters. The molecule has 0 bridgehead atoms. The van der Waals surface area contributed by atoms with Crippen molar-refractivity contribution in [1.82, 2.24) is 4.31 Å². The van der Waals surface area contributed by atoms with Gasteiger partial charge in [0.1, 0.15) is 17.3 Å². The molecule has 1 aromatic carbocycles. The number of hydrogen-bond acceptors (Lipinski definition) is 5. The summed E-state index contributed by atoms with van der Waals surface area (Å²) in [6.07, 6.45) is 1.71. The molecule has 7 nitrogen and oxygen atoms in total. The van der Waals surface area contributed by atoms with E-state index in [1.54, 1.807) is 19.1 Å². The van der Waals surface area contributed by atoms with Crippen LogP contribution in [0.4, 0.5) is 5.69 Å². The summed E-state index contributed by atoms with van der Waals surface area (Å²) in [5, 5.41) is 2.61. The predicted molar refractivity (Wildman–Crippen MR) is 86.1 cm³/mol. The van der Waals surface area contributed by atoms with Crippen LogP contribution >= 0.6 is 0 Å². The van der Waals surface area contributed by atoms with Crippen LogP contribution in [0.25, 0.3) is 0 Å². The van der Waals surface area contributed by atoms with Crippen LogP contribution in [0, 0.1) is 0 Å². The number of anilines is 1. The van der Waals surface area contributed by atoms with Crippen LogP contribution in [0.2, 0.25) is 0 Å². The summed E-state index contributed by atoms with van der Waals surface area (Å²) in [6, 6.07) is 4.61. The molecule has 8 heteroatoms. The summed E-state index contributed by atoms with van der Waals surface area (Å²) in [4.78, 5) is 11.7. The lowest BCUT2D eigenvalue weighted by molar-refractivity contribution is -0.119. The average molecular weight is 342 g/mol. The number of sulfonamides is 1. The van der Waals surface area contributed by atoms with E-state index in [0.29, 0.717) is 31.1 Å². The fraction of sp³-hybridized carbons (Fsp3) is 0.533. The highest BCUT2D eigenvalue weighted by molar-refractivity contribution is 7.89. The zero-order valence-corrected chi connectivity index (χ0v) is 14.2. The number of carbonyl (C=O) groups is 1. The van der Waals surface area contributed by atoms with Gasteiger partial charge in [0.25, 0.3) is 0 Å². The molecular weight excluding hydrogens is 320 g/mol. The van der Waals surface area contributed by atoms with Gasteiger partial charge in [0.2, 0.25) is 15.9 Å². The van der Waals surface area contributed by atoms with E-state index >= 15 is 0 Å². The van der Waals surface area contributed by atoms with Crippen LogP contribution in [0.1, 0.15) is 19.8 Å². The first-order valence-electron chi connectivity index (χ1n) is 7.55. The predicted octanol–water partition coefficient (Wildman–Crippen LogP) is 1.45.